The highest BCUT2D eigenvalue weighted by Crippen LogP contribution is 2.12. The molecule has 0 aliphatic carbocycles. The van der Waals surface area contributed by atoms with Gasteiger partial charge in [0.25, 0.3) is 0 Å². The summed E-state index contributed by atoms with van der Waals surface area (Å²) in [5.74, 6) is 0.636. The Labute approximate surface area is 94.2 Å². The second-order valence-corrected chi connectivity index (χ2v) is 4.65. The number of nitrogens with one attached hydrogen (secondary N) is 1. The van der Waals surface area contributed by atoms with Gasteiger partial charge >= 0.3 is 0 Å². The molecule has 0 spiro atoms. The molecule has 2 atom stereocenters. The zero-order valence-electron chi connectivity index (χ0n) is 10.5. The topological polar surface area (TPSA) is 24.5 Å². The fourth-order valence-corrected chi connectivity index (χ4v) is 2.42. The van der Waals surface area contributed by atoms with Gasteiger partial charge in [0.1, 0.15) is 0 Å². The van der Waals surface area contributed by atoms with Crippen LogP contribution in [0.15, 0.2) is 0 Å². The fraction of sp³-hybridized carbons (Fsp3) is 1.00. The number of hydrogen-bond donors (Lipinski definition) is 1. The SMILES string of the molecule is CCN(CC(C)COC)C1CCCNC1. The van der Waals surface area contributed by atoms with E-state index < -0.39 is 0 Å². The van der Waals surface area contributed by atoms with E-state index in [4.69, 9.17) is 4.74 Å². The van der Waals surface area contributed by atoms with Gasteiger partial charge in [-0.25, -0.2) is 0 Å². The monoisotopic (exact) mass is 214 g/mol. The molecule has 0 aromatic heterocycles. The number of ether oxygens (including phenoxy) is 1. The Kier molecular flexibility index (Phi) is 6.22. The summed E-state index contributed by atoms with van der Waals surface area (Å²) in [4.78, 5) is 2.59. The molecule has 0 amide bonds. The number of piperidine rings is 1. The summed E-state index contributed by atoms with van der Waals surface area (Å²) < 4.78 is 5.19. The van der Waals surface area contributed by atoms with Crippen molar-refractivity contribution in [3.63, 3.8) is 0 Å². The van der Waals surface area contributed by atoms with Gasteiger partial charge in [0.15, 0.2) is 0 Å². The molecular weight excluding hydrogens is 188 g/mol. The zero-order valence-corrected chi connectivity index (χ0v) is 10.5. The van der Waals surface area contributed by atoms with E-state index in [1.165, 1.54) is 19.4 Å². The van der Waals surface area contributed by atoms with Gasteiger partial charge in [0.05, 0.1) is 0 Å². The molecule has 0 radical (unpaired) electrons. The van der Waals surface area contributed by atoms with Crippen LogP contribution in [-0.2, 0) is 4.74 Å². The van der Waals surface area contributed by atoms with E-state index in [9.17, 15) is 0 Å². The molecule has 2 unspecified atom stereocenters. The second kappa shape index (κ2) is 7.20. The first-order valence-electron chi connectivity index (χ1n) is 6.21. The molecule has 1 heterocycles. The molecular formula is C12H26N2O. The Morgan fingerprint density at radius 2 is 2.33 bits per heavy atom. The summed E-state index contributed by atoms with van der Waals surface area (Å²) in [6.45, 7) is 10.1. The predicted octanol–water partition coefficient (Wildman–Crippen LogP) is 1.34. The lowest BCUT2D eigenvalue weighted by Gasteiger charge is -2.35. The lowest BCUT2D eigenvalue weighted by molar-refractivity contribution is 0.103. The van der Waals surface area contributed by atoms with Crippen molar-refractivity contribution in [2.75, 3.05) is 39.9 Å². The minimum Gasteiger partial charge on any atom is -0.384 e. The third-order valence-corrected chi connectivity index (χ3v) is 3.19. The smallest absolute Gasteiger partial charge is 0.0500 e. The molecule has 1 saturated heterocycles. The maximum atomic E-state index is 5.19. The van der Waals surface area contributed by atoms with Crippen molar-refractivity contribution in [1.29, 1.82) is 0 Å². The molecule has 15 heavy (non-hydrogen) atoms. The highest BCUT2D eigenvalue weighted by atomic mass is 16.5. The van der Waals surface area contributed by atoms with Gasteiger partial charge in [0, 0.05) is 32.8 Å². The molecule has 1 aliphatic heterocycles. The van der Waals surface area contributed by atoms with Gasteiger partial charge in [-0.05, 0) is 31.8 Å². The molecule has 1 N–H and O–H groups in total. The molecule has 3 heteroatoms. The Morgan fingerprint density at radius 3 is 2.87 bits per heavy atom. The fourth-order valence-electron chi connectivity index (χ4n) is 2.42. The molecule has 0 bridgehead atoms. The van der Waals surface area contributed by atoms with E-state index in [1.54, 1.807) is 7.11 Å². The van der Waals surface area contributed by atoms with Crippen LogP contribution in [0.25, 0.3) is 0 Å². The second-order valence-electron chi connectivity index (χ2n) is 4.65. The Bertz CT molecular complexity index is 158. The first-order valence-corrected chi connectivity index (χ1v) is 6.21. The Hall–Kier alpha value is -0.120. The summed E-state index contributed by atoms with van der Waals surface area (Å²) >= 11 is 0. The van der Waals surface area contributed by atoms with E-state index in [1.807, 2.05) is 0 Å². The molecule has 0 aromatic rings. The first-order chi connectivity index (χ1) is 7.27. The molecule has 0 aromatic carbocycles. The normalized spacial score (nSPS) is 24.4. The van der Waals surface area contributed by atoms with E-state index in [0.29, 0.717) is 5.92 Å². The molecule has 3 nitrogen and oxygen atoms in total. The van der Waals surface area contributed by atoms with Crippen LogP contribution in [0.5, 0.6) is 0 Å². The van der Waals surface area contributed by atoms with Crippen molar-refractivity contribution < 1.29 is 4.74 Å². The van der Waals surface area contributed by atoms with Crippen LogP contribution < -0.4 is 5.32 Å². The summed E-state index contributed by atoms with van der Waals surface area (Å²) in [5.41, 5.74) is 0. The quantitative estimate of drug-likeness (QED) is 0.722. The van der Waals surface area contributed by atoms with E-state index in [2.05, 4.69) is 24.1 Å². The Balaban J connectivity index is 2.32. The third kappa shape index (κ3) is 4.49. The average molecular weight is 214 g/mol. The largest absolute Gasteiger partial charge is 0.384 e. The highest BCUT2D eigenvalue weighted by Gasteiger charge is 2.20. The van der Waals surface area contributed by atoms with Crippen LogP contribution in [0.2, 0.25) is 0 Å². The maximum absolute atomic E-state index is 5.19. The van der Waals surface area contributed by atoms with Crippen molar-refractivity contribution in [2.45, 2.75) is 32.7 Å². The molecule has 1 fully saturated rings. The number of nitrogens with zero attached hydrogens (tertiary/aromatic N) is 1. The summed E-state index contributed by atoms with van der Waals surface area (Å²) in [7, 11) is 1.79. The zero-order chi connectivity index (χ0) is 11.1. The number of methoxy groups -OCH3 is 1. The molecule has 1 aliphatic rings. The van der Waals surface area contributed by atoms with E-state index in [-0.39, 0.29) is 0 Å². The van der Waals surface area contributed by atoms with Crippen LogP contribution in [0.3, 0.4) is 0 Å². The van der Waals surface area contributed by atoms with Crippen LogP contribution in [0.1, 0.15) is 26.7 Å². The van der Waals surface area contributed by atoms with Crippen LogP contribution >= 0.6 is 0 Å². The lowest BCUT2D eigenvalue weighted by Crippen LogP contribution is -2.47. The van der Waals surface area contributed by atoms with Crippen LogP contribution in [0, 0.1) is 5.92 Å². The number of hydrogen-bond acceptors (Lipinski definition) is 3. The van der Waals surface area contributed by atoms with Crippen molar-refractivity contribution >= 4 is 0 Å². The highest BCUT2D eigenvalue weighted by molar-refractivity contribution is 4.78. The maximum Gasteiger partial charge on any atom is 0.0500 e. The van der Waals surface area contributed by atoms with Gasteiger partial charge < -0.3 is 10.1 Å². The minimum absolute atomic E-state index is 0.636. The van der Waals surface area contributed by atoms with Crippen LogP contribution in [-0.4, -0.2) is 50.8 Å². The number of rotatable bonds is 6. The average Bonchev–Trinajstić information content (AvgIpc) is 2.27. The molecule has 90 valence electrons. The third-order valence-electron chi connectivity index (χ3n) is 3.19. The van der Waals surface area contributed by atoms with Crippen molar-refractivity contribution in [2.24, 2.45) is 5.92 Å². The van der Waals surface area contributed by atoms with Gasteiger partial charge in [0.2, 0.25) is 0 Å². The first kappa shape index (κ1) is 12.9. The number of likely N-dealkylation sites (N-methyl/N-ethyl adjacent to an activating group) is 1. The van der Waals surface area contributed by atoms with Crippen molar-refractivity contribution in [3.8, 4) is 0 Å². The minimum atomic E-state index is 0.636. The van der Waals surface area contributed by atoms with Crippen LogP contribution in [0.4, 0.5) is 0 Å². The predicted molar refractivity (Wildman–Crippen MR) is 64.2 cm³/mol. The molecule has 0 saturated carbocycles. The van der Waals surface area contributed by atoms with Gasteiger partial charge in [-0.1, -0.05) is 13.8 Å². The van der Waals surface area contributed by atoms with Gasteiger partial charge in [-0.15, -0.1) is 0 Å². The standard InChI is InChI=1S/C12H26N2O/c1-4-14(9-11(2)10-15-3)12-6-5-7-13-8-12/h11-13H,4-10H2,1-3H3. The van der Waals surface area contributed by atoms with Crippen molar-refractivity contribution in [1.82, 2.24) is 10.2 Å². The Morgan fingerprint density at radius 1 is 1.53 bits per heavy atom. The summed E-state index contributed by atoms with van der Waals surface area (Å²) in [5, 5.41) is 3.48. The van der Waals surface area contributed by atoms with Gasteiger partial charge in [-0.3, -0.25) is 4.90 Å². The van der Waals surface area contributed by atoms with E-state index in [0.717, 1.165) is 32.3 Å². The molecule has 1 rings (SSSR count). The summed E-state index contributed by atoms with van der Waals surface area (Å²) in [6.07, 6.45) is 2.67. The van der Waals surface area contributed by atoms with Crippen molar-refractivity contribution in [3.05, 3.63) is 0 Å². The van der Waals surface area contributed by atoms with Gasteiger partial charge in [-0.2, -0.15) is 0 Å². The lowest BCUT2D eigenvalue weighted by atomic mass is 10.0. The van der Waals surface area contributed by atoms with E-state index >= 15 is 0 Å². The summed E-state index contributed by atoms with van der Waals surface area (Å²) in [6, 6.07) is 0.739.